The molecule has 2 N–H and O–H groups in total. The van der Waals surface area contributed by atoms with E-state index < -0.39 is 12.5 Å². The Morgan fingerprint density at radius 1 is 1.13 bits per heavy atom. The number of rotatable bonds is 9. The first-order valence-corrected chi connectivity index (χ1v) is 10.7. The van der Waals surface area contributed by atoms with E-state index in [4.69, 9.17) is 22.1 Å². The monoisotopic (exact) mass is 456 g/mol. The van der Waals surface area contributed by atoms with Gasteiger partial charge >= 0.3 is 5.97 Å². The van der Waals surface area contributed by atoms with Gasteiger partial charge in [0.2, 0.25) is 5.91 Å². The first kappa shape index (κ1) is 22.5. The number of carboxylic acids is 1. The highest BCUT2D eigenvalue weighted by Crippen LogP contribution is 2.33. The van der Waals surface area contributed by atoms with Gasteiger partial charge in [-0.25, -0.2) is 0 Å². The molecular formula is C22H20N2O5S2. The van der Waals surface area contributed by atoms with Gasteiger partial charge in [-0.1, -0.05) is 54.3 Å². The lowest BCUT2D eigenvalue weighted by molar-refractivity contribution is -0.137. The number of ether oxygens (including phenoxy) is 1. The van der Waals surface area contributed by atoms with E-state index in [0.717, 1.165) is 11.3 Å². The van der Waals surface area contributed by atoms with Gasteiger partial charge in [-0.3, -0.25) is 19.3 Å². The van der Waals surface area contributed by atoms with Crippen LogP contribution in [0.5, 0.6) is 11.5 Å². The maximum absolute atomic E-state index is 12.7. The van der Waals surface area contributed by atoms with Crippen LogP contribution in [-0.2, 0) is 14.4 Å². The fourth-order valence-corrected chi connectivity index (χ4v) is 4.11. The van der Waals surface area contributed by atoms with Crippen molar-refractivity contribution in [3.8, 4) is 11.5 Å². The lowest BCUT2D eigenvalue weighted by Gasteiger charge is -2.13. The third kappa shape index (κ3) is 6.66. The molecule has 0 unspecified atom stereocenters. The summed E-state index contributed by atoms with van der Waals surface area (Å²) in [5, 5.41) is 10.9. The van der Waals surface area contributed by atoms with Crippen molar-refractivity contribution in [2.24, 2.45) is 0 Å². The van der Waals surface area contributed by atoms with Gasteiger partial charge in [0.15, 0.2) is 0 Å². The van der Waals surface area contributed by atoms with Crippen molar-refractivity contribution in [1.82, 2.24) is 10.2 Å². The summed E-state index contributed by atoms with van der Waals surface area (Å²) in [6.45, 7) is -0.130. The molecule has 1 aliphatic rings. The third-order valence-corrected chi connectivity index (χ3v) is 5.61. The van der Waals surface area contributed by atoms with E-state index in [2.05, 4.69) is 5.32 Å². The first-order chi connectivity index (χ1) is 14.9. The third-order valence-electron chi connectivity index (χ3n) is 4.23. The van der Waals surface area contributed by atoms with E-state index in [-0.39, 0.29) is 18.2 Å². The Hall–Kier alpha value is -3.17. The molecule has 0 radical (unpaired) electrons. The number of para-hydroxylation sites is 1. The number of thioether (sulfide) groups is 1. The summed E-state index contributed by atoms with van der Waals surface area (Å²) in [6.07, 6.45) is 2.25. The zero-order valence-electron chi connectivity index (χ0n) is 16.4. The topological polar surface area (TPSA) is 95.9 Å². The molecule has 1 saturated heterocycles. The number of aliphatic carboxylic acids is 1. The van der Waals surface area contributed by atoms with Gasteiger partial charge in [0.05, 0.1) is 4.91 Å². The normalized spacial score (nSPS) is 14.7. The zero-order chi connectivity index (χ0) is 22.2. The van der Waals surface area contributed by atoms with Crippen LogP contribution in [0.4, 0.5) is 0 Å². The minimum atomic E-state index is -1.10. The number of amides is 2. The standard InChI is InChI=1S/C22H20N2O5S2/c25-19(23-14-20(26)27)10-5-11-24-21(28)18(31-22(24)30)13-15-6-4-9-17(12-15)29-16-7-2-1-3-8-16/h1-4,6-9,12-13H,5,10-11,14H2,(H,23,25)(H,26,27)/b18-13-. The van der Waals surface area contributed by atoms with E-state index in [1.165, 1.54) is 16.7 Å². The lowest BCUT2D eigenvalue weighted by Crippen LogP contribution is -2.32. The average molecular weight is 457 g/mol. The molecule has 0 saturated carbocycles. The van der Waals surface area contributed by atoms with Gasteiger partial charge in [0.25, 0.3) is 5.91 Å². The van der Waals surface area contributed by atoms with Gasteiger partial charge in [0, 0.05) is 13.0 Å². The molecule has 7 nitrogen and oxygen atoms in total. The second-order valence-corrected chi connectivity index (χ2v) is 8.27. The second-order valence-electron chi connectivity index (χ2n) is 6.59. The average Bonchev–Trinajstić information content (AvgIpc) is 3.00. The maximum atomic E-state index is 12.7. The molecule has 2 aromatic carbocycles. The number of carboxylic acid groups (broad SMARTS) is 1. The van der Waals surface area contributed by atoms with Crippen LogP contribution in [0.1, 0.15) is 18.4 Å². The first-order valence-electron chi connectivity index (χ1n) is 9.49. The van der Waals surface area contributed by atoms with Crippen molar-refractivity contribution >= 4 is 52.2 Å². The number of hydrogen-bond donors (Lipinski definition) is 2. The molecule has 0 atom stereocenters. The highest BCUT2D eigenvalue weighted by molar-refractivity contribution is 8.26. The maximum Gasteiger partial charge on any atom is 0.322 e. The fourth-order valence-electron chi connectivity index (χ4n) is 2.80. The Morgan fingerprint density at radius 3 is 2.61 bits per heavy atom. The van der Waals surface area contributed by atoms with Crippen LogP contribution in [0.15, 0.2) is 59.5 Å². The number of nitrogens with zero attached hydrogens (tertiary/aromatic N) is 1. The zero-order valence-corrected chi connectivity index (χ0v) is 18.1. The fraction of sp³-hybridized carbons (Fsp3) is 0.182. The largest absolute Gasteiger partial charge is 0.480 e. The Kier molecular flexibility index (Phi) is 7.80. The number of nitrogens with one attached hydrogen (secondary N) is 1. The molecule has 2 aromatic rings. The lowest BCUT2D eigenvalue weighted by atomic mass is 10.2. The molecule has 0 aliphatic carbocycles. The summed E-state index contributed by atoms with van der Waals surface area (Å²) in [7, 11) is 0. The summed E-state index contributed by atoms with van der Waals surface area (Å²) in [5.74, 6) is -0.316. The SMILES string of the molecule is O=C(O)CNC(=O)CCCN1C(=O)/C(=C/c2cccc(Oc3ccccc3)c2)SC1=S. The molecule has 0 spiro atoms. The van der Waals surface area contributed by atoms with Crippen LogP contribution >= 0.6 is 24.0 Å². The van der Waals surface area contributed by atoms with Crippen LogP contribution in [0.2, 0.25) is 0 Å². The summed E-state index contributed by atoms with van der Waals surface area (Å²) < 4.78 is 6.26. The van der Waals surface area contributed by atoms with E-state index in [0.29, 0.717) is 27.9 Å². The Morgan fingerprint density at radius 2 is 1.87 bits per heavy atom. The number of hydrogen-bond acceptors (Lipinski definition) is 6. The Labute approximate surface area is 189 Å². The van der Waals surface area contributed by atoms with Crippen molar-refractivity contribution < 1.29 is 24.2 Å². The number of thiocarbonyl (C=S) groups is 1. The predicted molar refractivity (Wildman–Crippen MR) is 123 cm³/mol. The molecule has 0 aromatic heterocycles. The number of carbonyl (C=O) groups is 3. The van der Waals surface area contributed by atoms with Crippen LogP contribution in [0.25, 0.3) is 6.08 Å². The predicted octanol–water partition coefficient (Wildman–Crippen LogP) is 3.66. The van der Waals surface area contributed by atoms with Crippen LogP contribution in [0.3, 0.4) is 0 Å². The minimum absolute atomic E-state index is 0.113. The highest BCUT2D eigenvalue weighted by Gasteiger charge is 2.31. The molecule has 3 rings (SSSR count). The van der Waals surface area contributed by atoms with E-state index in [1.54, 1.807) is 6.08 Å². The summed E-state index contributed by atoms with van der Waals surface area (Å²) in [5.41, 5.74) is 0.807. The summed E-state index contributed by atoms with van der Waals surface area (Å²) in [6, 6.07) is 16.8. The van der Waals surface area contributed by atoms with E-state index in [9.17, 15) is 14.4 Å². The highest BCUT2D eigenvalue weighted by atomic mass is 32.2. The molecular weight excluding hydrogens is 436 g/mol. The molecule has 1 aliphatic heterocycles. The number of benzene rings is 2. The van der Waals surface area contributed by atoms with Crippen LogP contribution in [-0.4, -0.2) is 45.2 Å². The molecule has 0 bridgehead atoms. The van der Waals surface area contributed by atoms with Crippen LogP contribution < -0.4 is 10.1 Å². The van der Waals surface area contributed by atoms with Crippen molar-refractivity contribution in [3.63, 3.8) is 0 Å². The molecule has 1 fully saturated rings. The van der Waals surface area contributed by atoms with Gasteiger partial charge in [-0.15, -0.1) is 0 Å². The number of carbonyl (C=O) groups excluding carboxylic acids is 2. The quantitative estimate of drug-likeness (QED) is 0.439. The summed E-state index contributed by atoms with van der Waals surface area (Å²) >= 11 is 6.52. The van der Waals surface area contributed by atoms with Crippen molar-refractivity contribution in [2.45, 2.75) is 12.8 Å². The second kappa shape index (κ2) is 10.7. The van der Waals surface area contributed by atoms with Crippen molar-refractivity contribution in [1.29, 1.82) is 0 Å². The molecule has 2 amide bonds. The Bertz CT molecular complexity index is 1020. The summed E-state index contributed by atoms with van der Waals surface area (Å²) in [4.78, 5) is 36.8. The van der Waals surface area contributed by atoms with E-state index in [1.807, 2.05) is 54.6 Å². The van der Waals surface area contributed by atoms with Crippen LogP contribution in [0, 0.1) is 0 Å². The minimum Gasteiger partial charge on any atom is -0.480 e. The van der Waals surface area contributed by atoms with Gasteiger partial charge in [-0.2, -0.15) is 0 Å². The van der Waals surface area contributed by atoms with Crippen molar-refractivity contribution in [2.75, 3.05) is 13.1 Å². The molecule has 160 valence electrons. The smallest absolute Gasteiger partial charge is 0.322 e. The molecule has 31 heavy (non-hydrogen) atoms. The Balaban J connectivity index is 1.59. The van der Waals surface area contributed by atoms with Gasteiger partial charge in [-0.05, 0) is 42.3 Å². The van der Waals surface area contributed by atoms with Gasteiger partial charge < -0.3 is 15.2 Å². The molecule has 9 heteroatoms. The molecule has 1 heterocycles. The van der Waals surface area contributed by atoms with Gasteiger partial charge in [0.1, 0.15) is 22.4 Å². The van der Waals surface area contributed by atoms with E-state index >= 15 is 0 Å². The van der Waals surface area contributed by atoms with Crippen molar-refractivity contribution in [3.05, 3.63) is 65.1 Å².